The highest BCUT2D eigenvalue weighted by Gasteiger charge is 2.34. The van der Waals surface area contributed by atoms with Crippen LogP contribution >= 0.6 is 11.6 Å². The van der Waals surface area contributed by atoms with E-state index in [0.717, 1.165) is 69.5 Å². The maximum absolute atomic E-state index is 13.4. The molecule has 0 radical (unpaired) electrons. The Hall–Kier alpha value is -2.94. The van der Waals surface area contributed by atoms with Crippen LogP contribution in [0.2, 0.25) is 5.02 Å². The predicted octanol–water partition coefficient (Wildman–Crippen LogP) is 6.48. The lowest BCUT2D eigenvalue weighted by Gasteiger charge is -2.39. The largest absolute Gasteiger partial charge is 0.444 e. The number of carbonyl (C=O) groups excluding carboxylic acids is 2. The number of rotatable bonds is 9. The molecule has 0 bridgehead atoms. The normalized spacial score (nSPS) is 18.1. The fourth-order valence-corrected chi connectivity index (χ4v) is 5.78. The maximum atomic E-state index is 13.4. The van der Waals surface area contributed by atoms with Crippen LogP contribution in [0.3, 0.4) is 0 Å². The Morgan fingerprint density at radius 2 is 1.78 bits per heavy atom. The number of ether oxygens (including phenoxy) is 2. The number of likely N-dealkylation sites (tertiary alicyclic amines) is 2. The number of nitrogens with one attached hydrogen (secondary N) is 1. The Kier molecular flexibility index (Phi) is 10.8. The number of hydrogen-bond acceptors (Lipinski definition) is 6. The summed E-state index contributed by atoms with van der Waals surface area (Å²) in [6.45, 7) is 13.8. The third-order valence-corrected chi connectivity index (χ3v) is 7.92. The molecule has 0 saturated carbocycles. The van der Waals surface area contributed by atoms with Gasteiger partial charge in [0.25, 0.3) is 0 Å². The van der Waals surface area contributed by atoms with Gasteiger partial charge in [-0.05, 0) is 101 Å². The zero-order valence-electron chi connectivity index (χ0n) is 24.5. The van der Waals surface area contributed by atoms with Crippen LogP contribution in [0, 0.1) is 11.8 Å². The molecule has 2 aliphatic rings. The minimum absolute atomic E-state index is 0.0289. The molecule has 1 N–H and O–H groups in total. The molecule has 8 nitrogen and oxygen atoms in total. The molecular weight excluding hydrogens is 540 g/mol. The van der Waals surface area contributed by atoms with Crippen molar-refractivity contribution < 1.29 is 19.1 Å². The molecule has 41 heavy (non-hydrogen) atoms. The lowest BCUT2D eigenvalue weighted by molar-refractivity contribution is -0.139. The lowest BCUT2D eigenvalue weighted by Crippen LogP contribution is -2.46. The Morgan fingerprint density at radius 1 is 1.10 bits per heavy atom. The zero-order valence-corrected chi connectivity index (χ0v) is 25.2. The van der Waals surface area contributed by atoms with E-state index in [1.165, 1.54) is 0 Å². The quantitative estimate of drug-likeness (QED) is 0.341. The second-order valence-electron chi connectivity index (χ2n) is 12.0. The molecule has 222 valence electrons. The van der Waals surface area contributed by atoms with E-state index < -0.39 is 11.7 Å². The van der Waals surface area contributed by atoms with E-state index in [-0.39, 0.29) is 17.9 Å². The highest BCUT2D eigenvalue weighted by molar-refractivity contribution is 6.30. The monoisotopic (exact) mass is 582 g/mol. The lowest BCUT2D eigenvalue weighted by atomic mass is 9.86. The first-order valence-electron chi connectivity index (χ1n) is 14.6. The number of amides is 2. The van der Waals surface area contributed by atoms with Crippen molar-refractivity contribution in [1.82, 2.24) is 14.8 Å². The molecule has 1 aromatic heterocycles. The average Bonchev–Trinajstić information content (AvgIpc) is 2.94. The summed E-state index contributed by atoms with van der Waals surface area (Å²) in [5.74, 6) is 1.16. The number of aromatic nitrogens is 1. The summed E-state index contributed by atoms with van der Waals surface area (Å²) in [7, 11) is 0. The van der Waals surface area contributed by atoms with Gasteiger partial charge in [-0.15, -0.1) is 6.58 Å². The molecule has 9 heteroatoms. The van der Waals surface area contributed by atoms with E-state index in [4.69, 9.17) is 21.1 Å². The van der Waals surface area contributed by atoms with Crippen LogP contribution in [0.25, 0.3) is 0 Å². The van der Waals surface area contributed by atoms with Gasteiger partial charge in [-0.25, -0.2) is 9.78 Å². The molecule has 2 amide bonds. The first-order valence-corrected chi connectivity index (χ1v) is 14.9. The highest BCUT2D eigenvalue weighted by atomic mass is 35.5. The van der Waals surface area contributed by atoms with Crippen molar-refractivity contribution in [3.05, 3.63) is 71.4 Å². The van der Waals surface area contributed by atoms with Gasteiger partial charge in [0.2, 0.25) is 5.91 Å². The van der Waals surface area contributed by atoms with Crippen LogP contribution in [-0.2, 0) is 20.8 Å². The summed E-state index contributed by atoms with van der Waals surface area (Å²) >= 11 is 6.10. The molecule has 0 spiro atoms. The number of benzene rings is 1. The number of carbonyl (C=O) groups is 2. The van der Waals surface area contributed by atoms with Crippen molar-refractivity contribution in [2.24, 2.45) is 11.8 Å². The van der Waals surface area contributed by atoms with Gasteiger partial charge in [0.05, 0.1) is 12.7 Å². The Labute approximate surface area is 249 Å². The van der Waals surface area contributed by atoms with Crippen molar-refractivity contribution in [3.8, 4) is 0 Å². The first kappa shape index (κ1) is 31.0. The minimum Gasteiger partial charge on any atom is -0.444 e. The molecule has 3 heterocycles. The molecule has 0 aliphatic carbocycles. The molecule has 2 saturated heterocycles. The molecule has 4 rings (SSSR count). The number of hydrogen-bond donors (Lipinski definition) is 1. The van der Waals surface area contributed by atoms with E-state index in [2.05, 4.69) is 26.7 Å². The average molecular weight is 583 g/mol. The first-order chi connectivity index (χ1) is 19.6. The fraction of sp³-hybridized carbons (Fsp3) is 0.531. The van der Waals surface area contributed by atoms with Gasteiger partial charge in [0.1, 0.15) is 11.4 Å². The van der Waals surface area contributed by atoms with E-state index in [1.54, 1.807) is 12.3 Å². The van der Waals surface area contributed by atoms with Crippen molar-refractivity contribution >= 4 is 29.4 Å². The standard InChI is InChI=1S/C32H43ClN4O4/c1-5-20-40-29(24-6-8-27(33)9-7-24)25-13-18-37(19-14-25)30(38)26-11-16-36(17-12-26)22-23-10-15-34-28(21-23)35-31(39)41-32(2,3)4/h5-10,15,21,25-26,29H,1,11-14,16-20,22H2,2-4H3,(H,34,35,39). The number of piperidine rings is 2. The fourth-order valence-electron chi connectivity index (χ4n) is 5.65. The molecule has 1 atom stereocenters. The maximum Gasteiger partial charge on any atom is 0.413 e. The van der Waals surface area contributed by atoms with Gasteiger partial charge < -0.3 is 14.4 Å². The van der Waals surface area contributed by atoms with Gasteiger partial charge in [0, 0.05) is 36.8 Å². The third-order valence-electron chi connectivity index (χ3n) is 7.67. The second kappa shape index (κ2) is 14.3. The third kappa shape index (κ3) is 9.28. The van der Waals surface area contributed by atoms with Crippen LogP contribution in [0.15, 0.2) is 55.3 Å². The second-order valence-corrected chi connectivity index (χ2v) is 12.4. The van der Waals surface area contributed by atoms with E-state index >= 15 is 0 Å². The molecular formula is C32H43ClN4O4. The van der Waals surface area contributed by atoms with Gasteiger partial charge in [-0.3, -0.25) is 15.0 Å². The Balaban J connectivity index is 1.24. The number of pyridine rings is 1. The van der Waals surface area contributed by atoms with Gasteiger partial charge in [-0.1, -0.05) is 29.8 Å². The van der Waals surface area contributed by atoms with Crippen LogP contribution in [0.1, 0.15) is 63.7 Å². The van der Waals surface area contributed by atoms with Crippen LogP contribution in [0.4, 0.5) is 10.6 Å². The SMILES string of the molecule is C=CCOC(c1ccc(Cl)cc1)C1CCN(C(=O)C2CCN(Cc3ccnc(NC(=O)OC(C)(C)C)c3)CC2)CC1. The van der Waals surface area contributed by atoms with Crippen LogP contribution < -0.4 is 5.32 Å². The van der Waals surface area contributed by atoms with Crippen molar-refractivity contribution in [2.45, 2.75) is 64.7 Å². The summed E-state index contributed by atoms with van der Waals surface area (Å²) in [5.41, 5.74) is 1.61. The topological polar surface area (TPSA) is 84.0 Å². The van der Waals surface area contributed by atoms with E-state index in [1.807, 2.05) is 57.2 Å². The summed E-state index contributed by atoms with van der Waals surface area (Å²) < 4.78 is 11.5. The predicted molar refractivity (Wildman–Crippen MR) is 162 cm³/mol. The van der Waals surface area contributed by atoms with E-state index in [9.17, 15) is 9.59 Å². The molecule has 2 aliphatic heterocycles. The number of anilines is 1. The Morgan fingerprint density at radius 3 is 2.41 bits per heavy atom. The Bertz CT molecular complexity index is 1170. The zero-order chi connectivity index (χ0) is 29.4. The summed E-state index contributed by atoms with van der Waals surface area (Å²) in [5, 5.41) is 3.42. The minimum atomic E-state index is -0.570. The van der Waals surface area contributed by atoms with Crippen LogP contribution in [-0.4, -0.2) is 65.2 Å². The van der Waals surface area contributed by atoms with Gasteiger partial charge in [-0.2, -0.15) is 0 Å². The molecule has 1 aromatic carbocycles. The van der Waals surface area contributed by atoms with Crippen molar-refractivity contribution in [3.63, 3.8) is 0 Å². The van der Waals surface area contributed by atoms with Gasteiger partial charge >= 0.3 is 6.09 Å². The van der Waals surface area contributed by atoms with E-state index in [0.29, 0.717) is 23.4 Å². The molecule has 1 unspecified atom stereocenters. The summed E-state index contributed by atoms with van der Waals surface area (Å²) in [4.78, 5) is 34.2. The summed E-state index contributed by atoms with van der Waals surface area (Å²) in [6.07, 6.45) is 6.46. The van der Waals surface area contributed by atoms with Crippen LogP contribution in [0.5, 0.6) is 0 Å². The summed E-state index contributed by atoms with van der Waals surface area (Å²) in [6, 6.07) is 11.7. The van der Waals surface area contributed by atoms with Crippen molar-refractivity contribution in [2.75, 3.05) is 38.1 Å². The number of halogens is 1. The molecule has 2 aromatic rings. The number of nitrogens with zero attached hydrogens (tertiary/aromatic N) is 3. The van der Waals surface area contributed by atoms with Gasteiger partial charge in [0.15, 0.2) is 0 Å². The smallest absolute Gasteiger partial charge is 0.413 e. The van der Waals surface area contributed by atoms with Crippen molar-refractivity contribution in [1.29, 1.82) is 0 Å². The highest BCUT2D eigenvalue weighted by Crippen LogP contribution is 2.35. The molecule has 2 fully saturated rings.